The van der Waals surface area contributed by atoms with Gasteiger partial charge in [-0.15, -0.1) is 0 Å². The zero-order valence-electron chi connectivity index (χ0n) is 15.1. The Morgan fingerprint density at radius 2 is 1.73 bits per heavy atom. The second kappa shape index (κ2) is 10.1. The van der Waals surface area contributed by atoms with Crippen LogP contribution in [0.5, 0.6) is 5.75 Å². The Morgan fingerprint density at radius 3 is 2.54 bits per heavy atom. The first-order chi connectivity index (χ1) is 12.7. The lowest BCUT2D eigenvalue weighted by Crippen LogP contribution is -2.38. The van der Waals surface area contributed by atoms with Gasteiger partial charge in [-0.05, 0) is 43.3 Å². The Kier molecular flexibility index (Phi) is 7.50. The van der Waals surface area contributed by atoms with E-state index in [1.807, 2.05) is 24.3 Å². The van der Waals surface area contributed by atoms with E-state index in [1.165, 1.54) is 5.56 Å². The van der Waals surface area contributed by atoms with Gasteiger partial charge in [0, 0.05) is 30.7 Å². The van der Waals surface area contributed by atoms with Gasteiger partial charge >= 0.3 is 0 Å². The maximum absolute atomic E-state index is 10.3. The molecule has 0 bridgehead atoms. The van der Waals surface area contributed by atoms with Gasteiger partial charge in [-0.25, -0.2) is 0 Å². The molecule has 0 amide bonds. The van der Waals surface area contributed by atoms with Gasteiger partial charge < -0.3 is 9.84 Å². The lowest BCUT2D eigenvalue weighted by molar-refractivity contribution is 0.0692. The number of β-amino-alcohol motifs (C(OH)–C–C–N with tert-alkyl or cyclic N) is 1. The summed E-state index contributed by atoms with van der Waals surface area (Å²) in [5.74, 6) is 0.781. The van der Waals surface area contributed by atoms with Gasteiger partial charge in [-0.3, -0.25) is 9.80 Å². The van der Waals surface area contributed by atoms with Crippen molar-refractivity contribution in [2.45, 2.75) is 19.1 Å². The summed E-state index contributed by atoms with van der Waals surface area (Å²) >= 11 is 3.43. The summed E-state index contributed by atoms with van der Waals surface area (Å²) in [6.07, 6.45) is 0.654. The van der Waals surface area contributed by atoms with Crippen molar-refractivity contribution in [2.24, 2.45) is 0 Å². The van der Waals surface area contributed by atoms with E-state index >= 15 is 0 Å². The number of benzene rings is 2. The highest BCUT2D eigenvalue weighted by Gasteiger charge is 2.18. The number of aliphatic hydroxyl groups excluding tert-OH is 1. The maximum atomic E-state index is 10.3. The van der Waals surface area contributed by atoms with Gasteiger partial charge in [-0.1, -0.05) is 52.3 Å². The van der Waals surface area contributed by atoms with Crippen LogP contribution in [0, 0.1) is 0 Å². The fraction of sp³-hybridized carbons (Fsp3) is 0.429. The summed E-state index contributed by atoms with van der Waals surface area (Å²) in [6.45, 7) is 6.14. The average Bonchev–Trinajstić information content (AvgIpc) is 2.86. The molecule has 140 valence electrons. The van der Waals surface area contributed by atoms with Crippen molar-refractivity contribution >= 4 is 15.9 Å². The van der Waals surface area contributed by atoms with E-state index in [-0.39, 0.29) is 0 Å². The van der Waals surface area contributed by atoms with Gasteiger partial charge in [0.2, 0.25) is 0 Å². The zero-order chi connectivity index (χ0) is 18.2. The molecule has 3 rings (SSSR count). The molecule has 0 radical (unpaired) electrons. The van der Waals surface area contributed by atoms with Crippen LogP contribution in [0.25, 0.3) is 0 Å². The summed E-state index contributed by atoms with van der Waals surface area (Å²) in [7, 11) is 0. The molecule has 1 atom stereocenters. The standard InChI is InChI=1S/C21H27BrN2O2/c22-19-8-4-9-21(14-19)26-17-20(25)16-24-11-5-10-23(12-13-24)15-18-6-2-1-3-7-18/h1-4,6-9,14,20,25H,5,10-13,15-17H2. The molecule has 1 N–H and O–H groups in total. The van der Waals surface area contributed by atoms with E-state index in [4.69, 9.17) is 4.74 Å². The van der Waals surface area contributed by atoms with Crippen LogP contribution < -0.4 is 4.74 Å². The van der Waals surface area contributed by atoms with Crippen LogP contribution >= 0.6 is 15.9 Å². The Hall–Kier alpha value is -1.40. The van der Waals surface area contributed by atoms with E-state index in [2.05, 4.69) is 56.1 Å². The Balaban J connectivity index is 1.41. The van der Waals surface area contributed by atoms with Gasteiger partial charge in [-0.2, -0.15) is 0 Å². The van der Waals surface area contributed by atoms with E-state index in [0.717, 1.165) is 49.4 Å². The monoisotopic (exact) mass is 418 g/mol. The van der Waals surface area contributed by atoms with Crippen LogP contribution in [0.1, 0.15) is 12.0 Å². The fourth-order valence-electron chi connectivity index (χ4n) is 3.31. The third-order valence-corrected chi connectivity index (χ3v) is 5.13. The molecule has 1 saturated heterocycles. The first-order valence-corrected chi connectivity index (χ1v) is 10.0. The number of aliphatic hydroxyl groups is 1. The van der Waals surface area contributed by atoms with E-state index in [0.29, 0.717) is 13.2 Å². The highest BCUT2D eigenvalue weighted by molar-refractivity contribution is 9.10. The highest BCUT2D eigenvalue weighted by Crippen LogP contribution is 2.18. The van der Waals surface area contributed by atoms with Crippen LogP contribution in [0.4, 0.5) is 0 Å². The summed E-state index contributed by atoms with van der Waals surface area (Å²) in [4.78, 5) is 4.85. The number of ether oxygens (including phenoxy) is 1. The third-order valence-electron chi connectivity index (χ3n) is 4.64. The lowest BCUT2D eigenvalue weighted by atomic mass is 10.2. The molecule has 1 heterocycles. The summed E-state index contributed by atoms with van der Waals surface area (Å²) in [6, 6.07) is 18.3. The van der Waals surface area contributed by atoms with Crippen LogP contribution in [-0.2, 0) is 6.54 Å². The molecule has 2 aromatic rings. The molecule has 2 aromatic carbocycles. The average molecular weight is 419 g/mol. The summed E-state index contributed by atoms with van der Waals surface area (Å²) < 4.78 is 6.69. The van der Waals surface area contributed by atoms with Crippen LogP contribution in [0.3, 0.4) is 0 Å². The Morgan fingerprint density at radius 1 is 0.962 bits per heavy atom. The van der Waals surface area contributed by atoms with Crippen LogP contribution in [-0.4, -0.2) is 60.3 Å². The fourth-order valence-corrected chi connectivity index (χ4v) is 3.68. The number of halogens is 1. The number of hydrogen-bond donors (Lipinski definition) is 1. The topological polar surface area (TPSA) is 35.9 Å². The van der Waals surface area contributed by atoms with Gasteiger partial charge in [0.25, 0.3) is 0 Å². The van der Waals surface area contributed by atoms with Crippen molar-refractivity contribution in [1.29, 1.82) is 0 Å². The molecular formula is C21H27BrN2O2. The second-order valence-electron chi connectivity index (χ2n) is 6.84. The van der Waals surface area contributed by atoms with Gasteiger partial charge in [0.05, 0.1) is 0 Å². The lowest BCUT2D eigenvalue weighted by Gasteiger charge is -2.24. The number of hydrogen-bond acceptors (Lipinski definition) is 4. The first-order valence-electron chi connectivity index (χ1n) is 9.24. The predicted octanol–water partition coefficient (Wildman–Crippen LogP) is 3.40. The van der Waals surface area contributed by atoms with Crippen molar-refractivity contribution in [1.82, 2.24) is 9.80 Å². The Labute approximate surface area is 164 Å². The molecule has 1 aliphatic rings. The molecular weight excluding hydrogens is 392 g/mol. The van der Waals surface area contributed by atoms with E-state index in [1.54, 1.807) is 0 Å². The SMILES string of the molecule is OC(COc1cccc(Br)c1)CN1CCCN(Cc2ccccc2)CC1. The maximum Gasteiger partial charge on any atom is 0.120 e. The zero-order valence-corrected chi connectivity index (χ0v) is 16.6. The van der Waals surface area contributed by atoms with Gasteiger partial charge in [0.1, 0.15) is 18.5 Å². The van der Waals surface area contributed by atoms with Crippen LogP contribution in [0.2, 0.25) is 0 Å². The first kappa shape index (κ1) is 19.4. The molecule has 5 heteroatoms. The van der Waals surface area contributed by atoms with E-state index in [9.17, 15) is 5.11 Å². The van der Waals surface area contributed by atoms with E-state index < -0.39 is 6.10 Å². The molecule has 0 aromatic heterocycles. The second-order valence-corrected chi connectivity index (χ2v) is 7.75. The molecule has 1 aliphatic heterocycles. The Bertz CT molecular complexity index is 668. The number of rotatable bonds is 7. The summed E-state index contributed by atoms with van der Waals surface area (Å²) in [5, 5.41) is 10.3. The van der Waals surface area contributed by atoms with Crippen molar-refractivity contribution < 1.29 is 9.84 Å². The number of nitrogens with zero attached hydrogens (tertiary/aromatic N) is 2. The molecule has 0 aliphatic carbocycles. The molecule has 1 fully saturated rings. The molecule has 0 spiro atoms. The molecule has 26 heavy (non-hydrogen) atoms. The minimum absolute atomic E-state index is 0.320. The van der Waals surface area contributed by atoms with Crippen molar-refractivity contribution in [3.63, 3.8) is 0 Å². The largest absolute Gasteiger partial charge is 0.491 e. The van der Waals surface area contributed by atoms with Crippen LogP contribution in [0.15, 0.2) is 59.1 Å². The smallest absolute Gasteiger partial charge is 0.120 e. The van der Waals surface area contributed by atoms with Crippen molar-refractivity contribution in [3.05, 3.63) is 64.6 Å². The van der Waals surface area contributed by atoms with Crippen molar-refractivity contribution in [3.8, 4) is 5.75 Å². The van der Waals surface area contributed by atoms with Gasteiger partial charge in [0.15, 0.2) is 0 Å². The molecule has 4 nitrogen and oxygen atoms in total. The predicted molar refractivity (Wildman–Crippen MR) is 108 cm³/mol. The molecule has 1 unspecified atom stereocenters. The minimum atomic E-state index is -0.477. The molecule has 0 saturated carbocycles. The summed E-state index contributed by atoms with van der Waals surface area (Å²) in [5.41, 5.74) is 1.36. The quantitative estimate of drug-likeness (QED) is 0.747. The minimum Gasteiger partial charge on any atom is -0.491 e. The normalized spacial score (nSPS) is 17.6. The van der Waals surface area contributed by atoms with Crippen molar-refractivity contribution in [2.75, 3.05) is 39.3 Å². The third kappa shape index (κ3) is 6.40. The highest BCUT2D eigenvalue weighted by atomic mass is 79.9.